The first-order valence-corrected chi connectivity index (χ1v) is 6.34. The molecule has 0 saturated carbocycles. The molecular formula is C15H12F2N2S. The lowest BCUT2D eigenvalue weighted by Crippen LogP contribution is -2.06. The summed E-state index contributed by atoms with van der Waals surface area (Å²) in [5, 5.41) is 3.03. The van der Waals surface area contributed by atoms with Gasteiger partial charge in [0.25, 0.3) is 6.43 Å². The van der Waals surface area contributed by atoms with Crippen LogP contribution >= 0.6 is 12.2 Å². The maximum atomic E-state index is 12.6. The van der Waals surface area contributed by atoms with Gasteiger partial charge in [-0.1, -0.05) is 42.5 Å². The molecule has 0 spiro atoms. The van der Waals surface area contributed by atoms with E-state index in [9.17, 15) is 8.78 Å². The van der Waals surface area contributed by atoms with Gasteiger partial charge in [0.15, 0.2) is 5.11 Å². The Morgan fingerprint density at radius 1 is 1.10 bits per heavy atom. The van der Waals surface area contributed by atoms with E-state index in [1.165, 1.54) is 12.1 Å². The molecule has 102 valence electrons. The topological polar surface area (TPSA) is 24.4 Å². The molecule has 0 aliphatic rings. The zero-order chi connectivity index (χ0) is 14.4. The number of anilines is 1. The SMILES string of the molecule is FC(F)c1cccc(NC(=S)N=Cc2ccccc2)c1. The van der Waals surface area contributed by atoms with E-state index in [0.717, 1.165) is 5.56 Å². The van der Waals surface area contributed by atoms with Crippen molar-refractivity contribution >= 4 is 29.2 Å². The van der Waals surface area contributed by atoms with Crippen molar-refractivity contribution in [1.29, 1.82) is 0 Å². The summed E-state index contributed by atoms with van der Waals surface area (Å²) < 4.78 is 25.1. The van der Waals surface area contributed by atoms with Crippen molar-refractivity contribution in [2.75, 3.05) is 5.32 Å². The molecule has 0 aliphatic heterocycles. The van der Waals surface area contributed by atoms with Crippen LogP contribution in [0.4, 0.5) is 14.5 Å². The van der Waals surface area contributed by atoms with E-state index in [1.807, 2.05) is 30.3 Å². The minimum absolute atomic E-state index is 0.0511. The quantitative estimate of drug-likeness (QED) is 0.667. The van der Waals surface area contributed by atoms with Gasteiger partial charge in [0, 0.05) is 17.5 Å². The molecule has 2 aromatic carbocycles. The summed E-state index contributed by atoms with van der Waals surface area (Å²) in [4.78, 5) is 4.07. The second-order valence-corrected chi connectivity index (χ2v) is 4.41. The fraction of sp³-hybridized carbons (Fsp3) is 0.0667. The zero-order valence-corrected chi connectivity index (χ0v) is 11.3. The molecule has 0 radical (unpaired) electrons. The number of hydrogen-bond donors (Lipinski definition) is 1. The van der Waals surface area contributed by atoms with Crippen LogP contribution in [-0.2, 0) is 0 Å². The molecule has 2 aromatic rings. The molecule has 2 nitrogen and oxygen atoms in total. The molecule has 0 bridgehead atoms. The van der Waals surface area contributed by atoms with Crippen LogP contribution in [0.15, 0.2) is 59.6 Å². The summed E-state index contributed by atoms with van der Waals surface area (Å²) in [6.45, 7) is 0. The molecule has 0 saturated heterocycles. The van der Waals surface area contributed by atoms with Crippen LogP contribution in [0, 0.1) is 0 Å². The normalized spacial score (nSPS) is 10.9. The minimum Gasteiger partial charge on any atom is -0.331 e. The van der Waals surface area contributed by atoms with Crippen molar-refractivity contribution in [1.82, 2.24) is 0 Å². The number of nitrogens with zero attached hydrogens (tertiary/aromatic N) is 1. The lowest BCUT2D eigenvalue weighted by Gasteiger charge is -2.06. The number of thiocarbonyl (C=S) groups is 1. The lowest BCUT2D eigenvalue weighted by molar-refractivity contribution is 0.151. The average Bonchev–Trinajstić information content (AvgIpc) is 2.46. The zero-order valence-electron chi connectivity index (χ0n) is 10.5. The van der Waals surface area contributed by atoms with E-state index in [1.54, 1.807) is 18.3 Å². The summed E-state index contributed by atoms with van der Waals surface area (Å²) in [5.74, 6) is 0. The molecule has 0 atom stereocenters. The third-order valence-corrected chi connectivity index (χ3v) is 2.73. The number of nitrogens with one attached hydrogen (secondary N) is 1. The minimum atomic E-state index is -2.50. The molecule has 2 rings (SSSR count). The first kappa shape index (κ1) is 14.3. The summed E-state index contributed by atoms with van der Waals surface area (Å²) in [7, 11) is 0. The molecule has 0 aromatic heterocycles. The monoisotopic (exact) mass is 290 g/mol. The molecule has 5 heteroatoms. The van der Waals surface area contributed by atoms with Gasteiger partial charge >= 0.3 is 0 Å². The second-order valence-electron chi connectivity index (χ2n) is 4.03. The number of halogens is 2. The highest BCUT2D eigenvalue weighted by molar-refractivity contribution is 7.80. The lowest BCUT2D eigenvalue weighted by atomic mass is 10.2. The van der Waals surface area contributed by atoms with Crippen molar-refractivity contribution in [2.24, 2.45) is 4.99 Å². The van der Waals surface area contributed by atoms with Gasteiger partial charge in [-0.15, -0.1) is 0 Å². The Morgan fingerprint density at radius 2 is 1.85 bits per heavy atom. The van der Waals surface area contributed by atoms with Crippen LogP contribution in [-0.4, -0.2) is 11.3 Å². The third-order valence-electron chi connectivity index (χ3n) is 2.52. The Hall–Kier alpha value is -2.14. The van der Waals surface area contributed by atoms with Crippen molar-refractivity contribution in [3.05, 3.63) is 65.7 Å². The van der Waals surface area contributed by atoms with Gasteiger partial charge in [0.05, 0.1) is 0 Å². The number of rotatable bonds is 3. The first-order chi connectivity index (χ1) is 9.65. The van der Waals surface area contributed by atoms with Crippen LogP contribution in [0.25, 0.3) is 0 Å². The fourth-order valence-electron chi connectivity index (χ4n) is 1.58. The Kier molecular flexibility index (Phi) is 4.90. The molecule has 0 amide bonds. The largest absolute Gasteiger partial charge is 0.331 e. The first-order valence-electron chi connectivity index (χ1n) is 5.93. The molecule has 0 heterocycles. The van der Waals surface area contributed by atoms with Crippen LogP contribution in [0.2, 0.25) is 0 Å². The van der Waals surface area contributed by atoms with Crippen molar-refractivity contribution < 1.29 is 8.78 Å². The van der Waals surface area contributed by atoms with E-state index in [0.29, 0.717) is 5.69 Å². The van der Waals surface area contributed by atoms with Gasteiger partial charge < -0.3 is 5.32 Å². The van der Waals surface area contributed by atoms with Gasteiger partial charge in [-0.3, -0.25) is 0 Å². The highest BCUT2D eigenvalue weighted by atomic mass is 32.1. The third kappa shape index (κ3) is 4.20. The Labute approximate surface area is 121 Å². The van der Waals surface area contributed by atoms with E-state index >= 15 is 0 Å². The molecule has 0 fully saturated rings. The van der Waals surface area contributed by atoms with E-state index in [2.05, 4.69) is 10.3 Å². The maximum Gasteiger partial charge on any atom is 0.263 e. The number of hydrogen-bond acceptors (Lipinski definition) is 1. The number of benzene rings is 2. The van der Waals surface area contributed by atoms with Crippen LogP contribution in [0.5, 0.6) is 0 Å². The van der Waals surface area contributed by atoms with Gasteiger partial charge in [-0.2, -0.15) is 0 Å². The predicted octanol–water partition coefficient (Wildman–Crippen LogP) is 4.44. The van der Waals surface area contributed by atoms with Gasteiger partial charge in [-0.25, -0.2) is 13.8 Å². The number of alkyl halides is 2. The standard InChI is InChI=1S/C15H12F2N2S/c16-14(17)12-7-4-8-13(9-12)19-15(20)18-10-11-5-2-1-3-6-11/h1-10,14H,(H,19,20). The van der Waals surface area contributed by atoms with Crippen molar-refractivity contribution in [3.8, 4) is 0 Å². The molecule has 1 N–H and O–H groups in total. The summed E-state index contributed by atoms with van der Waals surface area (Å²) in [5.41, 5.74) is 1.36. The summed E-state index contributed by atoms with van der Waals surface area (Å²) in [6, 6.07) is 15.4. The highest BCUT2D eigenvalue weighted by Crippen LogP contribution is 2.21. The smallest absolute Gasteiger partial charge is 0.263 e. The average molecular weight is 290 g/mol. The van der Waals surface area contributed by atoms with Gasteiger partial charge in [0.1, 0.15) is 0 Å². The maximum absolute atomic E-state index is 12.6. The number of aliphatic imine (C=N–C) groups is 1. The Morgan fingerprint density at radius 3 is 2.55 bits per heavy atom. The molecule has 0 aliphatic carbocycles. The van der Waals surface area contributed by atoms with Gasteiger partial charge in [0.2, 0.25) is 0 Å². The van der Waals surface area contributed by atoms with E-state index in [-0.39, 0.29) is 10.7 Å². The Balaban J connectivity index is 2.01. The fourth-order valence-corrected chi connectivity index (χ4v) is 1.75. The van der Waals surface area contributed by atoms with Crippen molar-refractivity contribution in [2.45, 2.75) is 6.43 Å². The second kappa shape index (κ2) is 6.86. The van der Waals surface area contributed by atoms with Crippen LogP contribution in [0.3, 0.4) is 0 Å². The van der Waals surface area contributed by atoms with E-state index in [4.69, 9.17) is 12.2 Å². The Bertz CT molecular complexity index is 612. The van der Waals surface area contributed by atoms with E-state index < -0.39 is 6.43 Å². The van der Waals surface area contributed by atoms with Crippen LogP contribution in [0.1, 0.15) is 17.6 Å². The molecule has 0 unspecified atom stereocenters. The summed E-state index contributed by atoms with van der Waals surface area (Å²) >= 11 is 5.05. The highest BCUT2D eigenvalue weighted by Gasteiger charge is 2.07. The molecular weight excluding hydrogens is 278 g/mol. The van der Waals surface area contributed by atoms with Gasteiger partial charge in [-0.05, 0) is 29.9 Å². The van der Waals surface area contributed by atoms with Crippen molar-refractivity contribution in [3.63, 3.8) is 0 Å². The summed E-state index contributed by atoms with van der Waals surface area (Å²) in [6.07, 6.45) is -0.884. The molecule has 20 heavy (non-hydrogen) atoms. The predicted molar refractivity (Wildman–Crippen MR) is 81.7 cm³/mol. The van der Waals surface area contributed by atoms with Crippen LogP contribution < -0.4 is 5.32 Å².